The molecule has 1 aromatic carbocycles. The van der Waals surface area contributed by atoms with Crippen LogP contribution in [0, 0.1) is 0 Å². The van der Waals surface area contributed by atoms with Crippen molar-refractivity contribution in [3.8, 4) is 11.5 Å². The van der Waals surface area contributed by atoms with Crippen LogP contribution in [0.5, 0.6) is 11.5 Å². The first kappa shape index (κ1) is 13.0. The molecule has 1 amide bonds. The maximum Gasteiger partial charge on any atom is 0.264 e. The molecule has 20 heavy (non-hydrogen) atoms. The first-order chi connectivity index (χ1) is 9.83. The molecule has 1 unspecified atom stereocenters. The van der Waals surface area contributed by atoms with Gasteiger partial charge in [0.2, 0.25) is 6.10 Å². The molecule has 1 aliphatic heterocycles. The zero-order valence-electron chi connectivity index (χ0n) is 10.9. The number of hydrogen-bond donors (Lipinski definition) is 1. The predicted molar refractivity (Wildman–Crippen MR) is 77.4 cm³/mol. The molecule has 1 N–H and O–H groups in total. The van der Waals surface area contributed by atoms with E-state index in [4.69, 9.17) is 9.47 Å². The van der Waals surface area contributed by atoms with Crippen molar-refractivity contribution in [1.29, 1.82) is 0 Å². The van der Waals surface area contributed by atoms with Gasteiger partial charge in [-0.25, -0.2) is 0 Å². The fraction of sp³-hybridized carbons (Fsp3) is 0.267. The summed E-state index contributed by atoms with van der Waals surface area (Å²) in [4.78, 5) is 13.3. The zero-order valence-corrected chi connectivity index (χ0v) is 11.7. The smallest absolute Gasteiger partial charge is 0.264 e. The van der Waals surface area contributed by atoms with Gasteiger partial charge in [-0.05, 0) is 30.0 Å². The molecule has 5 heteroatoms. The van der Waals surface area contributed by atoms with E-state index in [0.717, 1.165) is 6.42 Å². The molecule has 2 aromatic rings. The van der Waals surface area contributed by atoms with Gasteiger partial charge in [0.15, 0.2) is 11.5 Å². The van der Waals surface area contributed by atoms with Gasteiger partial charge in [-0.3, -0.25) is 4.79 Å². The largest absolute Gasteiger partial charge is 0.485 e. The lowest BCUT2D eigenvalue weighted by atomic mass is 10.2. The van der Waals surface area contributed by atoms with Crippen LogP contribution in [0.25, 0.3) is 0 Å². The number of para-hydroxylation sites is 2. The minimum Gasteiger partial charge on any atom is -0.485 e. The van der Waals surface area contributed by atoms with Crippen LogP contribution in [-0.2, 0) is 11.2 Å². The summed E-state index contributed by atoms with van der Waals surface area (Å²) in [7, 11) is 0. The highest BCUT2D eigenvalue weighted by atomic mass is 32.1. The molecule has 4 nitrogen and oxygen atoms in total. The Morgan fingerprint density at radius 2 is 2.10 bits per heavy atom. The summed E-state index contributed by atoms with van der Waals surface area (Å²) in [6, 6.07) is 11.5. The highest BCUT2D eigenvalue weighted by Gasteiger charge is 2.26. The topological polar surface area (TPSA) is 47.6 Å². The fourth-order valence-electron chi connectivity index (χ4n) is 2.03. The lowest BCUT2D eigenvalue weighted by Crippen LogP contribution is -2.44. The molecule has 1 aliphatic rings. The van der Waals surface area contributed by atoms with Crippen LogP contribution >= 0.6 is 11.3 Å². The van der Waals surface area contributed by atoms with Crippen molar-refractivity contribution in [2.75, 3.05) is 13.2 Å². The molecule has 0 bridgehead atoms. The quantitative estimate of drug-likeness (QED) is 0.939. The summed E-state index contributed by atoms with van der Waals surface area (Å²) in [5.74, 6) is 1.18. The van der Waals surface area contributed by atoms with E-state index in [1.54, 1.807) is 17.4 Å². The summed E-state index contributed by atoms with van der Waals surface area (Å²) < 4.78 is 11.2. The molecule has 0 saturated carbocycles. The molecule has 104 valence electrons. The third-order valence-corrected chi connectivity index (χ3v) is 3.99. The number of fused-ring (bicyclic) bond motifs is 1. The van der Waals surface area contributed by atoms with Gasteiger partial charge in [-0.15, -0.1) is 11.3 Å². The number of carbonyl (C=O) groups is 1. The molecule has 0 aliphatic carbocycles. The van der Waals surface area contributed by atoms with Crippen molar-refractivity contribution in [2.45, 2.75) is 12.5 Å². The molecular formula is C15H15NO3S. The predicted octanol–water partition coefficient (Wildman–Crippen LogP) is 2.25. The molecule has 0 radical (unpaired) electrons. The van der Waals surface area contributed by atoms with Gasteiger partial charge < -0.3 is 14.8 Å². The molecule has 0 saturated heterocycles. The van der Waals surface area contributed by atoms with E-state index in [9.17, 15) is 4.79 Å². The van der Waals surface area contributed by atoms with Gasteiger partial charge in [0.25, 0.3) is 5.91 Å². The van der Waals surface area contributed by atoms with Crippen LogP contribution in [0.1, 0.15) is 4.88 Å². The van der Waals surface area contributed by atoms with Gasteiger partial charge in [0, 0.05) is 11.4 Å². The number of carbonyl (C=O) groups excluding carboxylic acids is 1. The van der Waals surface area contributed by atoms with Crippen LogP contribution in [0.4, 0.5) is 0 Å². The van der Waals surface area contributed by atoms with E-state index in [1.165, 1.54) is 4.88 Å². The average molecular weight is 289 g/mol. The molecule has 1 aromatic heterocycles. The average Bonchev–Trinajstić information content (AvgIpc) is 3.00. The van der Waals surface area contributed by atoms with Crippen LogP contribution in [-0.4, -0.2) is 25.2 Å². The maximum absolute atomic E-state index is 12.0. The van der Waals surface area contributed by atoms with E-state index in [0.29, 0.717) is 18.0 Å². The van der Waals surface area contributed by atoms with Crippen molar-refractivity contribution >= 4 is 17.2 Å². The Balaban J connectivity index is 1.51. The summed E-state index contributed by atoms with van der Waals surface area (Å²) in [6.07, 6.45) is 0.265. The monoisotopic (exact) mass is 289 g/mol. The SMILES string of the molecule is O=C(NCCc1cccs1)C1COc2ccccc2O1. The van der Waals surface area contributed by atoms with Crippen molar-refractivity contribution < 1.29 is 14.3 Å². The van der Waals surface area contributed by atoms with E-state index in [2.05, 4.69) is 11.4 Å². The first-order valence-electron chi connectivity index (χ1n) is 6.51. The minimum absolute atomic E-state index is 0.129. The van der Waals surface area contributed by atoms with Crippen LogP contribution in [0.2, 0.25) is 0 Å². The van der Waals surface area contributed by atoms with Crippen molar-refractivity contribution in [2.24, 2.45) is 0 Å². The maximum atomic E-state index is 12.0. The van der Waals surface area contributed by atoms with E-state index in [-0.39, 0.29) is 12.5 Å². The Morgan fingerprint density at radius 3 is 2.90 bits per heavy atom. The third-order valence-electron chi connectivity index (χ3n) is 3.05. The Bertz CT molecular complexity index is 583. The fourth-order valence-corrected chi connectivity index (χ4v) is 2.74. The minimum atomic E-state index is -0.576. The van der Waals surface area contributed by atoms with Gasteiger partial charge >= 0.3 is 0 Å². The van der Waals surface area contributed by atoms with E-state index < -0.39 is 6.10 Å². The highest BCUT2D eigenvalue weighted by molar-refractivity contribution is 7.09. The summed E-state index contributed by atoms with van der Waals surface area (Å²) >= 11 is 1.69. The lowest BCUT2D eigenvalue weighted by molar-refractivity contribution is -0.130. The normalized spacial score (nSPS) is 16.7. The Kier molecular flexibility index (Phi) is 3.87. The second-order valence-electron chi connectivity index (χ2n) is 4.48. The zero-order chi connectivity index (χ0) is 13.8. The second kappa shape index (κ2) is 5.96. The third kappa shape index (κ3) is 2.93. The molecule has 3 rings (SSSR count). The van der Waals surface area contributed by atoms with Gasteiger partial charge in [-0.1, -0.05) is 18.2 Å². The first-order valence-corrected chi connectivity index (χ1v) is 7.39. The van der Waals surface area contributed by atoms with Crippen molar-refractivity contribution in [3.63, 3.8) is 0 Å². The second-order valence-corrected chi connectivity index (χ2v) is 5.52. The van der Waals surface area contributed by atoms with Crippen molar-refractivity contribution in [1.82, 2.24) is 5.32 Å². The van der Waals surface area contributed by atoms with Gasteiger partial charge in [0.05, 0.1) is 0 Å². The van der Waals surface area contributed by atoms with E-state index in [1.807, 2.05) is 29.6 Å². The molecule has 1 atom stereocenters. The number of rotatable bonds is 4. The highest BCUT2D eigenvalue weighted by Crippen LogP contribution is 2.30. The number of hydrogen-bond acceptors (Lipinski definition) is 4. The standard InChI is InChI=1S/C15H15NO3S/c17-15(16-8-7-11-4-3-9-20-11)14-10-18-12-5-1-2-6-13(12)19-14/h1-6,9,14H,7-8,10H2,(H,16,17). The summed E-state index contributed by atoms with van der Waals surface area (Å²) in [5.41, 5.74) is 0. The van der Waals surface area contributed by atoms with Gasteiger partial charge in [0.1, 0.15) is 6.61 Å². The number of nitrogens with one attached hydrogen (secondary N) is 1. The molecular weight excluding hydrogens is 274 g/mol. The Labute approximate surface area is 121 Å². The molecule has 0 fully saturated rings. The number of amides is 1. The molecule has 0 spiro atoms. The van der Waals surface area contributed by atoms with E-state index >= 15 is 0 Å². The Hall–Kier alpha value is -2.01. The summed E-state index contributed by atoms with van der Waals surface area (Å²) in [5, 5.41) is 4.92. The number of ether oxygens (including phenoxy) is 2. The molecule has 2 heterocycles. The van der Waals surface area contributed by atoms with Crippen molar-refractivity contribution in [3.05, 3.63) is 46.7 Å². The van der Waals surface area contributed by atoms with Gasteiger partial charge in [-0.2, -0.15) is 0 Å². The van der Waals surface area contributed by atoms with Crippen LogP contribution in [0.15, 0.2) is 41.8 Å². The van der Waals surface area contributed by atoms with Crippen LogP contribution < -0.4 is 14.8 Å². The number of thiophene rings is 1. The number of benzene rings is 1. The summed E-state index contributed by atoms with van der Waals surface area (Å²) in [6.45, 7) is 0.864. The lowest BCUT2D eigenvalue weighted by Gasteiger charge is -2.25. The Morgan fingerprint density at radius 1 is 1.25 bits per heavy atom. The van der Waals surface area contributed by atoms with Crippen LogP contribution in [0.3, 0.4) is 0 Å².